The quantitative estimate of drug-likeness (QED) is 0.105. The maximum Gasteiger partial charge on any atom is 0.199 e. The van der Waals surface area contributed by atoms with Crippen molar-refractivity contribution in [2.45, 2.75) is 6.92 Å². The molecule has 1 N–H and O–H groups in total. The lowest BCUT2D eigenvalue weighted by molar-refractivity contribution is -0.108. The Labute approximate surface area is 221 Å². The second kappa shape index (κ2) is 27.5. The number of rotatable bonds is 23. The maximum atomic E-state index is 11.9. The SMILES string of the molecule is CCSCSCSCS(=O)CCSCSCSCSCC(=O)SCSCSCO. The van der Waals surface area contributed by atoms with E-state index >= 15 is 0 Å². The van der Waals surface area contributed by atoms with Gasteiger partial charge in [-0.25, -0.2) is 0 Å². The van der Waals surface area contributed by atoms with Gasteiger partial charge in [0, 0.05) is 57.9 Å². The van der Waals surface area contributed by atoms with Gasteiger partial charge in [0.25, 0.3) is 0 Å². The largest absolute Gasteiger partial charge is 0.386 e. The molecule has 0 heterocycles. The van der Waals surface area contributed by atoms with Crippen LogP contribution < -0.4 is 0 Å². The van der Waals surface area contributed by atoms with Gasteiger partial charge in [-0.3, -0.25) is 9.00 Å². The summed E-state index contributed by atoms with van der Waals surface area (Å²) in [5, 5.41) is 16.5. The Hall–Kier alpha value is 3.28. The van der Waals surface area contributed by atoms with Crippen LogP contribution in [-0.4, -0.2) is 84.1 Å². The molecule has 0 bridgehead atoms. The summed E-state index contributed by atoms with van der Waals surface area (Å²) in [5.41, 5.74) is 0. The molecule has 174 valence electrons. The lowest BCUT2D eigenvalue weighted by Gasteiger charge is -2.04. The Balaban J connectivity index is 3.23. The highest BCUT2D eigenvalue weighted by atomic mass is 32.3. The van der Waals surface area contributed by atoms with Gasteiger partial charge in [-0.05, 0) is 5.75 Å². The van der Waals surface area contributed by atoms with Crippen LogP contribution in [0, 0.1) is 0 Å². The minimum absolute atomic E-state index is 0.145. The van der Waals surface area contributed by atoms with Gasteiger partial charge < -0.3 is 5.11 Å². The number of carbonyl (C=O) groups excluding carboxylic acids is 1. The van der Waals surface area contributed by atoms with Crippen LogP contribution in [0.4, 0.5) is 0 Å². The van der Waals surface area contributed by atoms with E-state index in [1.807, 2.05) is 58.8 Å². The lowest BCUT2D eigenvalue weighted by Crippen LogP contribution is -2.02. The van der Waals surface area contributed by atoms with E-state index < -0.39 is 10.8 Å². The number of hydrogen-bond acceptors (Lipinski definition) is 13. The zero-order valence-corrected chi connectivity index (χ0v) is 25.4. The van der Waals surface area contributed by atoms with Gasteiger partial charge in [0.15, 0.2) is 5.12 Å². The standard InChI is InChI=1S/C15H30O3S11/c1-2-19-7-23-12-27-14-29(18)4-3-20-8-24-11-25-9-21-5-15(17)28-13-26-10-22-6-16/h16H,2-14H2,1H3. The third-order valence-electron chi connectivity index (χ3n) is 2.49. The first-order chi connectivity index (χ1) is 14.2. The zero-order valence-electron chi connectivity index (χ0n) is 16.4. The Morgan fingerprint density at radius 2 is 1.34 bits per heavy atom. The number of aliphatic hydroxyl groups is 1. The van der Waals surface area contributed by atoms with Crippen molar-refractivity contribution < 1.29 is 14.1 Å². The van der Waals surface area contributed by atoms with Crippen molar-refractivity contribution >= 4 is 134 Å². The van der Waals surface area contributed by atoms with Crippen LogP contribution in [0.5, 0.6) is 0 Å². The molecule has 0 fully saturated rings. The van der Waals surface area contributed by atoms with Crippen molar-refractivity contribution in [3.8, 4) is 0 Å². The van der Waals surface area contributed by atoms with Crippen molar-refractivity contribution in [3.05, 3.63) is 0 Å². The number of thioether (sulfide) groups is 10. The number of hydrogen-bond donors (Lipinski definition) is 1. The molecule has 3 nitrogen and oxygen atoms in total. The van der Waals surface area contributed by atoms with Crippen LogP contribution in [0.15, 0.2) is 0 Å². The molecule has 0 aliphatic heterocycles. The molecule has 1 atom stereocenters. The molecule has 0 amide bonds. The van der Waals surface area contributed by atoms with E-state index in [4.69, 9.17) is 5.11 Å². The Kier molecular flexibility index (Phi) is 30.6. The molecule has 0 aromatic carbocycles. The topological polar surface area (TPSA) is 54.4 Å². The smallest absolute Gasteiger partial charge is 0.199 e. The second-order valence-corrected chi connectivity index (χ2v) is 19.5. The lowest BCUT2D eigenvalue weighted by atomic mass is 10.9. The minimum atomic E-state index is -0.691. The van der Waals surface area contributed by atoms with Crippen molar-refractivity contribution in [1.82, 2.24) is 0 Å². The van der Waals surface area contributed by atoms with E-state index in [0.29, 0.717) is 5.75 Å². The molecular formula is C15H30O3S11. The monoisotopic (exact) mass is 610 g/mol. The fraction of sp³-hybridized carbons (Fsp3) is 0.933. The predicted octanol–water partition coefficient (Wildman–Crippen LogP) is 6.22. The maximum absolute atomic E-state index is 11.9. The highest BCUT2D eigenvalue weighted by molar-refractivity contribution is 8.29. The van der Waals surface area contributed by atoms with Gasteiger partial charge in [-0.15, -0.1) is 82.3 Å². The van der Waals surface area contributed by atoms with E-state index in [2.05, 4.69) is 6.92 Å². The van der Waals surface area contributed by atoms with E-state index in [-0.39, 0.29) is 11.1 Å². The van der Waals surface area contributed by atoms with Crippen LogP contribution in [0.2, 0.25) is 0 Å². The third-order valence-corrected chi connectivity index (χ3v) is 16.5. The molecule has 0 saturated heterocycles. The molecule has 0 radical (unpaired) electrons. The first-order valence-electron chi connectivity index (χ1n) is 8.51. The highest BCUT2D eigenvalue weighted by Gasteiger charge is 2.04. The summed E-state index contributed by atoms with van der Waals surface area (Å²) in [5.74, 6) is 3.66. The normalized spacial score (nSPS) is 12.3. The van der Waals surface area contributed by atoms with Crippen molar-refractivity contribution in [1.29, 1.82) is 0 Å². The van der Waals surface area contributed by atoms with Gasteiger partial charge in [0.05, 0.1) is 16.8 Å². The average molecular weight is 611 g/mol. The summed E-state index contributed by atoms with van der Waals surface area (Å²) in [4.78, 5) is 11.7. The molecule has 0 spiro atoms. The molecule has 0 aromatic heterocycles. The molecule has 0 rings (SSSR count). The summed E-state index contributed by atoms with van der Waals surface area (Å²) in [6, 6.07) is 0. The summed E-state index contributed by atoms with van der Waals surface area (Å²) in [6.45, 7) is 2.17. The van der Waals surface area contributed by atoms with Crippen LogP contribution in [0.1, 0.15) is 6.92 Å². The van der Waals surface area contributed by atoms with Gasteiger partial charge in [-0.2, -0.15) is 23.5 Å². The van der Waals surface area contributed by atoms with Gasteiger partial charge in [-0.1, -0.05) is 18.7 Å². The van der Waals surface area contributed by atoms with E-state index in [0.717, 1.165) is 52.2 Å². The fourth-order valence-electron chi connectivity index (χ4n) is 1.28. The molecule has 29 heavy (non-hydrogen) atoms. The number of aliphatic hydroxyl groups excluding tert-OH is 1. The number of carbonyl (C=O) groups is 1. The van der Waals surface area contributed by atoms with Crippen molar-refractivity contribution in [3.63, 3.8) is 0 Å². The summed E-state index contributed by atoms with van der Waals surface area (Å²) >= 11 is 17.5. The van der Waals surface area contributed by atoms with Gasteiger partial charge in [0.1, 0.15) is 0 Å². The second-order valence-electron chi connectivity index (χ2n) is 4.71. The predicted molar refractivity (Wildman–Crippen MR) is 160 cm³/mol. The van der Waals surface area contributed by atoms with Gasteiger partial charge >= 0.3 is 0 Å². The van der Waals surface area contributed by atoms with E-state index in [1.165, 1.54) is 29.3 Å². The minimum Gasteiger partial charge on any atom is -0.386 e. The highest BCUT2D eigenvalue weighted by Crippen LogP contribution is 2.23. The molecule has 0 aromatic rings. The fourth-order valence-corrected chi connectivity index (χ4v) is 14.3. The van der Waals surface area contributed by atoms with Crippen molar-refractivity contribution in [2.24, 2.45) is 0 Å². The molecule has 14 heteroatoms. The summed E-state index contributed by atoms with van der Waals surface area (Å²) < 4.78 is 11.9. The van der Waals surface area contributed by atoms with Crippen LogP contribution in [0.3, 0.4) is 0 Å². The molecule has 1 unspecified atom stereocenters. The summed E-state index contributed by atoms with van der Waals surface area (Å²) in [7, 11) is -0.691. The average Bonchev–Trinajstić information content (AvgIpc) is 2.71. The Morgan fingerprint density at radius 3 is 2.07 bits per heavy atom. The molecular weight excluding hydrogens is 581 g/mol. The van der Waals surface area contributed by atoms with Crippen LogP contribution >= 0.6 is 118 Å². The molecule has 0 aliphatic rings. The van der Waals surface area contributed by atoms with Gasteiger partial charge in [0.2, 0.25) is 0 Å². The van der Waals surface area contributed by atoms with Crippen molar-refractivity contribution in [2.75, 3.05) is 69.6 Å². The summed E-state index contributed by atoms with van der Waals surface area (Å²) in [6.07, 6.45) is 0. The van der Waals surface area contributed by atoms with E-state index in [9.17, 15) is 9.00 Å². The van der Waals surface area contributed by atoms with E-state index in [1.54, 1.807) is 35.3 Å². The first-order valence-corrected chi connectivity index (χ1v) is 21.4. The Morgan fingerprint density at radius 1 is 0.759 bits per heavy atom. The Bertz CT molecular complexity index is 391. The zero-order chi connectivity index (χ0) is 21.4. The molecule has 0 aliphatic carbocycles. The van der Waals surface area contributed by atoms with Crippen LogP contribution in [0.25, 0.3) is 0 Å². The van der Waals surface area contributed by atoms with Crippen LogP contribution in [-0.2, 0) is 15.6 Å². The third kappa shape index (κ3) is 27.4. The first kappa shape index (κ1) is 32.3. The molecule has 0 saturated carbocycles.